The van der Waals surface area contributed by atoms with Gasteiger partial charge in [0.2, 0.25) is 11.8 Å². The first-order valence-electron chi connectivity index (χ1n) is 5.60. The van der Waals surface area contributed by atoms with E-state index in [9.17, 15) is 14.4 Å². The number of rotatable bonds is 5. The summed E-state index contributed by atoms with van der Waals surface area (Å²) in [5.41, 5.74) is 0.690. The molecule has 0 fully saturated rings. The highest BCUT2D eigenvalue weighted by molar-refractivity contribution is 6.05. The summed E-state index contributed by atoms with van der Waals surface area (Å²) in [5.74, 6) is -1.68. The van der Waals surface area contributed by atoms with E-state index in [2.05, 4.69) is 10.6 Å². The van der Waals surface area contributed by atoms with Crippen LogP contribution in [0, 0.1) is 0 Å². The van der Waals surface area contributed by atoms with E-state index in [1.165, 1.54) is 20.1 Å². The summed E-state index contributed by atoms with van der Waals surface area (Å²) in [4.78, 5) is 32.9. The van der Waals surface area contributed by atoms with Gasteiger partial charge in [-0.15, -0.1) is 0 Å². The number of anilines is 2. The van der Waals surface area contributed by atoms with E-state index in [0.29, 0.717) is 23.2 Å². The third-order valence-electron chi connectivity index (χ3n) is 2.17. The first kappa shape index (κ1) is 15.2. The van der Waals surface area contributed by atoms with Crippen LogP contribution in [0.15, 0.2) is 30.4 Å². The Labute approximate surface area is 115 Å². The van der Waals surface area contributed by atoms with Crippen LogP contribution in [0.1, 0.15) is 6.92 Å². The highest BCUT2D eigenvalue weighted by atomic mass is 16.5. The number of nitrogens with one attached hydrogen (secondary N) is 2. The number of benzene rings is 1. The second-order valence-corrected chi connectivity index (χ2v) is 3.75. The van der Waals surface area contributed by atoms with Crippen molar-refractivity contribution >= 4 is 29.2 Å². The van der Waals surface area contributed by atoms with Crippen LogP contribution in [0.2, 0.25) is 0 Å². The standard InChI is InChI=1S/C13H14N2O5/c1-8(16)14-10-4-3-9(20-2)7-11(10)15-12(17)5-6-13(18)19/h3-7H,1-2H3,(H,14,16)(H,15,17)(H,18,19). The Balaban J connectivity index is 2.97. The van der Waals surface area contributed by atoms with Crippen molar-refractivity contribution in [3.05, 3.63) is 30.4 Å². The Morgan fingerprint density at radius 1 is 1.15 bits per heavy atom. The van der Waals surface area contributed by atoms with E-state index >= 15 is 0 Å². The fourth-order valence-electron chi connectivity index (χ4n) is 1.37. The van der Waals surface area contributed by atoms with E-state index in [4.69, 9.17) is 9.84 Å². The number of carboxylic acid groups (broad SMARTS) is 1. The number of carboxylic acids is 1. The minimum atomic E-state index is -1.23. The molecule has 0 bridgehead atoms. The summed E-state index contributed by atoms with van der Waals surface area (Å²) >= 11 is 0. The molecule has 0 aliphatic carbocycles. The molecule has 0 saturated heterocycles. The lowest BCUT2D eigenvalue weighted by Crippen LogP contribution is -2.13. The second kappa shape index (κ2) is 6.93. The summed E-state index contributed by atoms with van der Waals surface area (Å²) < 4.78 is 5.02. The number of carbonyl (C=O) groups excluding carboxylic acids is 2. The van der Waals surface area contributed by atoms with Crippen molar-refractivity contribution in [1.29, 1.82) is 0 Å². The minimum absolute atomic E-state index is 0.299. The van der Waals surface area contributed by atoms with Gasteiger partial charge in [0.05, 0.1) is 18.5 Å². The molecule has 7 nitrogen and oxygen atoms in total. The van der Waals surface area contributed by atoms with Crippen molar-refractivity contribution in [2.45, 2.75) is 6.92 Å². The molecule has 0 aliphatic rings. The molecule has 0 radical (unpaired) electrons. The van der Waals surface area contributed by atoms with Gasteiger partial charge in [0.25, 0.3) is 0 Å². The summed E-state index contributed by atoms with van der Waals surface area (Å²) in [7, 11) is 1.46. The summed E-state index contributed by atoms with van der Waals surface area (Å²) in [6.45, 7) is 1.33. The SMILES string of the molecule is COc1ccc(NC(C)=O)c(NC(=O)C=CC(=O)O)c1. The van der Waals surface area contributed by atoms with Gasteiger partial charge < -0.3 is 20.5 Å². The predicted molar refractivity (Wildman–Crippen MR) is 72.7 cm³/mol. The number of amides is 2. The van der Waals surface area contributed by atoms with Crippen LogP contribution in [0.25, 0.3) is 0 Å². The molecule has 0 heterocycles. The highest BCUT2D eigenvalue weighted by Crippen LogP contribution is 2.27. The highest BCUT2D eigenvalue weighted by Gasteiger charge is 2.08. The van der Waals surface area contributed by atoms with Gasteiger partial charge in [0, 0.05) is 25.1 Å². The van der Waals surface area contributed by atoms with Crippen LogP contribution in [-0.4, -0.2) is 30.0 Å². The summed E-state index contributed by atoms with van der Waals surface area (Å²) in [6, 6.07) is 4.70. The molecule has 3 N–H and O–H groups in total. The first-order chi connectivity index (χ1) is 9.42. The lowest BCUT2D eigenvalue weighted by molar-refractivity contribution is -0.131. The third-order valence-corrected chi connectivity index (χ3v) is 2.17. The number of aliphatic carboxylic acids is 1. The lowest BCUT2D eigenvalue weighted by atomic mass is 10.2. The summed E-state index contributed by atoms with van der Waals surface area (Å²) in [6.07, 6.45) is 1.59. The number of methoxy groups -OCH3 is 1. The predicted octanol–water partition coefficient (Wildman–Crippen LogP) is 1.23. The lowest BCUT2D eigenvalue weighted by Gasteiger charge is -2.11. The molecule has 0 spiro atoms. The van der Waals surface area contributed by atoms with Crippen LogP contribution in [0.4, 0.5) is 11.4 Å². The van der Waals surface area contributed by atoms with Crippen LogP contribution < -0.4 is 15.4 Å². The maximum atomic E-state index is 11.5. The van der Waals surface area contributed by atoms with Crippen molar-refractivity contribution < 1.29 is 24.2 Å². The van der Waals surface area contributed by atoms with Crippen molar-refractivity contribution in [3.63, 3.8) is 0 Å². The molecule has 1 aromatic carbocycles. The van der Waals surface area contributed by atoms with Crippen molar-refractivity contribution in [3.8, 4) is 5.75 Å². The van der Waals surface area contributed by atoms with Crippen molar-refractivity contribution in [2.75, 3.05) is 17.7 Å². The Hall–Kier alpha value is -2.83. The second-order valence-electron chi connectivity index (χ2n) is 3.75. The molecule has 0 unspecified atom stereocenters. The van der Waals surface area contributed by atoms with Gasteiger partial charge in [-0.1, -0.05) is 0 Å². The average Bonchev–Trinajstić information content (AvgIpc) is 2.38. The number of hydrogen-bond donors (Lipinski definition) is 3. The monoisotopic (exact) mass is 278 g/mol. The Kier molecular flexibility index (Phi) is 5.28. The van der Waals surface area contributed by atoms with E-state index < -0.39 is 11.9 Å². The van der Waals surface area contributed by atoms with Gasteiger partial charge in [-0.25, -0.2) is 4.79 Å². The zero-order chi connectivity index (χ0) is 15.1. The molecular formula is C13H14N2O5. The molecule has 0 aromatic heterocycles. The number of carbonyl (C=O) groups is 3. The first-order valence-corrected chi connectivity index (χ1v) is 5.60. The molecule has 20 heavy (non-hydrogen) atoms. The Morgan fingerprint density at radius 2 is 1.85 bits per heavy atom. The van der Waals surface area contributed by atoms with Crippen LogP contribution in [0.5, 0.6) is 5.75 Å². The molecule has 0 atom stereocenters. The van der Waals surface area contributed by atoms with Crippen LogP contribution >= 0.6 is 0 Å². The van der Waals surface area contributed by atoms with E-state index in [-0.39, 0.29) is 5.91 Å². The van der Waals surface area contributed by atoms with E-state index in [1.54, 1.807) is 12.1 Å². The molecule has 0 saturated carbocycles. The molecule has 7 heteroatoms. The van der Waals surface area contributed by atoms with E-state index in [0.717, 1.165) is 6.08 Å². The van der Waals surface area contributed by atoms with Crippen molar-refractivity contribution in [2.24, 2.45) is 0 Å². The van der Waals surface area contributed by atoms with Gasteiger partial charge in [0.15, 0.2) is 0 Å². The van der Waals surface area contributed by atoms with E-state index in [1.807, 2.05) is 0 Å². The van der Waals surface area contributed by atoms with Gasteiger partial charge >= 0.3 is 5.97 Å². The zero-order valence-electron chi connectivity index (χ0n) is 11.0. The van der Waals surface area contributed by atoms with Gasteiger partial charge in [-0.05, 0) is 12.1 Å². The maximum absolute atomic E-state index is 11.5. The minimum Gasteiger partial charge on any atom is -0.497 e. The number of hydrogen-bond acceptors (Lipinski definition) is 4. The zero-order valence-corrected chi connectivity index (χ0v) is 11.0. The summed E-state index contributed by atoms with van der Waals surface area (Å²) in [5, 5.41) is 13.4. The topological polar surface area (TPSA) is 105 Å². The quantitative estimate of drug-likeness (QED) is 0.703. The molecule has 106 valence electrons. The largest absolute Gasteiger partial charge is 0.497 e. The third kappa shape index (κ3) is 4.81. The normalized spacial score (nSPS) is 10.1. The maximum Gasteiger partial charge on any atom is 0.328 e. The van der Waals surface area contributed by atoms with Crippen LogP contribution in [0.3, 0.4) is 0 Å². The van der Waals surface area contributed by atoms with Gasteiger partial charge in [0.1, 0.15) is 5.75 Å². The van der Waals surface area contributed by atoms with Gasteiger partial charge in [-0.3, -0.25) is 9.59 Å². The Morgan fingerprint density at radius 3 is 2.40 bits per heavy atom. The van der Waals surface area contributed by atoms with Crippen LogP contribution in [-0.2, 0) is 14.4 Å². The van der Waals surface area contributed by atoms with Crippen molar-refractivity contribution in [1.82, 2.24) is 0 Å². The Bertz CT molecular complexity index is 566. The average molecular weight is 278 g/mol. The molecule has 0 aliphatic heterocycles. The smallest absolute Gasteiger partial charge is 0.328 e. The van der Waals surface area contributed by atoms with Gasteiger partial charge in [-0.2, -0.15) is 0 Å². The molecule has 2 amide bonds. The number of ether oxygens (including phenoxy) is 1. The molecular weight excluding hydrogens is 264 g/mol. The molecule has 1 rings (SSSR count). The fraction of sp³-hybridized carbons (Fsp3) is 0.154. The fourth-order valence-corrected chi connectivity index (χ4v) is 1.37. The molecule has 1 aromatic rings.